The van der Waals surface area contributed by atoms with Gasteiger partial charge in [-0.1, -0.05) is 17.8 Å². The molecule has 0 saturated carbocycles. The number of esters is 1. The fourth-order valence-corrected chi connectivity index (χ4v) is 5.29. The minimum Gasteiger partial charge on any atom is -0.493 e. The number of ether oxygens (including phenoxy) is 4. The topological polar surface area (TPSA) is 89.9 Å². The van der Waals surface area contributed by atoms with E-state index >= 15 is 0 Å². The van der Waals surface area contributed by atoms with Gasteiger partial charge in [-0.2, -0.15) is 0 Å². The molecule has 1 fully saturated rings. The van der Waals surface area contributed by atoms with E-state index in [0.29, 0.717) is 54.2 Å². The van der Waals surface area contributed by atoms with Crippen LogP contribution in [0.2, 0.25) is 0 Å². The van der Waals surface area contributed by atoms with E-state index in [-0.39, 0.29) is 18.4 Å². The standard InChI is InChI=1S/C25H31N3O6S/c1-15(2)34-24(30)22-16(3)26-25-28(23(22)17-6-7-19(31-4)20(12-17)32-5)18(14-35-25)13-21(29)27-8-10-33-11-9-27/h6-7,12,14-15,23H,8-11,13H2,1-5H3/t23-/m0/s1. The molecule has 3 heterocycles. The number of allylic oxidation sites excluding steroid dienone is 1. The van der Waals surface area contributed by atoms with Gasteiger partial charge in [0.2, 0.25) is 5.91 Å². The average Bonchev–Trinajstić information content (AvgIpc) is 3.24. The number of carbonyl (C=O) groups excluding carboxylic acids is 2. The van der Waals surface area contributed by atoms with Crippen LogP contribution in [0.4, 0.5) is 0 Å². The van der Waals surface area contributed by atoms with Crippen molar-refractivity contribution in [3.05, 3.63) is 46.1 Å². The molecule has 35 heavy (non-hydrogen) atoms. The van der Waals surface area contributed by atoms with E-state index in [0.717, 1.165) is 11.3 Å². The molecule has 1 amide bonds. The molecule has 0 N–H and O–H groups in total. The zero-order valence-corrected chi connectivity index (χ0v) is 21.5. The molecule has 188 valence electrons. The van der Waals surface area contributed by atoms with Gasteiger partial charge in [0.15, 0.2) is 16.7 Å². The second-order valence-electron chi connectivity index (χ2n) is 8.63. The highest BCUT2D eigenvalue weighted by molar-refractivity contribution is 8.16. The SMILES string of the molecule is COc1ccc([C@H]2C(C(=O)OC(C)C)=C(C)N=C3SC=C(CC(=O)N4CCOCC4)N32)cc1OC. The number of hydrogen-bond acceptors (Lipinski definition) is 9. The molecule has 1 atom stereocenters. The van der Waals surface area contributed by atoms with E-state index in [1.54, 1.807) is 14.2 Å². The number of benzene rings is 1. The Kier molecular flexibility index (Phi) is 7.71. The van der Waals surface area contributed by atoms with Gasteiger partial charge in [0.1, 0.15) is 0 Å². The first-order chi connectivity index (χ1) is 16.8. The van der Waals surface area contributed by atoms with Crippen molar-refractivity contribution >= 4 is 28.8 Å². The lowest BCUT2D eigenvalue weighted by atomic mass is 9.93. The third kappa shape index (κ3) is 5.18. The van der Waals surface area contributed by atoms with E-state index in [2.05, 4.69) is 0 Å². The van der Waals surface area contributed by atoms with Crippen LogP contribution in [0.1, 0.15) is 38.8 Å². The summed E-state index contributed by atoms with van der Waals surface area (Å²) in [7, 11) is 3.15. The number of morpholine rings is 1. The molecule has 0 aromatic heterocycles. The lowest BCUT2D eigenvalue weighted by Crippen LogP contribution is -2.42. The number of hydrogen-bond donors (Lipinski definition) is 0. The fraction of sp³-hybridized carbons (Fsp3) is 0.480. The Balaban J connectivity index is 1.74. The highest BCUT2D eigenvalue weighted by Gasteiger charge is 2.42. The molecule has 1 aromatic rings. The number of amidine groups is 1. The van der Waals surface area contributed by atoms with Crippen LogP contribution >= 0.6 is 11.8 Å². The van der Waals surface area contributed by atoms with Gasteiger partial charge in [0, 0.05) is 18.8 Å². The van der Waals surface area contributed by atoms with Gasteiger partial charge in [0.25, 0.3) is 0 Å². The highest BCUT2D eigenvalue weighted by atomic mass is 32.2. The van der Waals surface area contributed by atoms with Gasteiger partial charge in [-0.3, -0.25) is 4.79 Å². The number of fused-ring (bicyclic) bond motifs is 1. The lowest BCUT2D eigenvalue weighted by Gasteiger charge is -2.37. The Morgan fingerprint density at radius 3 is 2.54 bits per heavy atom. The molecule has 9 nitrogen and oxygen atoms in total. The van der Waals surface area contributed by atoms with Crippen LogP contribution in [0, 0.1) is 0 Å². The number of amides is 1. The Labute approximate surface area is 209 Å². The van der Waals surface area contributed by atoms with Crippen LogP contribution in [0.25, 0.3) is 0 Å². The van der Waals surface area contributed by atoms with Crippen LogP contribution < -0.4 is 9.47 Å². The van der Waals surface area contributed by atoms with Crippen molar-refractivity contribution < 1.29 is 28.5 Å². The van der Waals surface area contributed by atoms with Crippen molar-refractivity contribution in [2.45, 2.75) is 39.3 Å². The van der Waals surface area contributed by atoms with Crippen molar-refractivity contribution in [2.75, 3.05) is 40.5 Å². The van der Waals surface area contributed by atoms with Crippen molar-refractivity contribution in [3.8, 4) is 11.5 Å². The summed E-state index contributed by atoms with van der Waals surface area (Å²) in [5.41, 5.74) is 2.61. The molecule has 0 unspecified atom stereocenters. The number of methoxy groups -OCH3 is 2. The predicted molar refractivity (Wildman–Crippen MR) is 133 cm³/mol. The second-order valence-corrected chi connectivity index (χ2v) is 9.47. The van der Waals surface area contributed by atoms with Crippen molar-refractivity contribution in [2.24, 2.45) is 4.99 Å². The van der Waals surface area contributed by atoms with Gasteiger partial charge in [-0.05, 0) is 43.9 Å². The molecule has 4 rings (SSSR count). The average molecular weight is 502 g/mol. The number of aliphatic imine (C=N–C) groups is 1. The highest BCUT2D eigenvalue weighted by Crippen LogP contribution is 2.46. The van der Waals surface area contributed by atoms with Gasteiger partial charge in [-0.25, -0.2) is 9.79 Å². The molecule has 0 radical (unpaired) electrons. The summed E-state index contributed by atoms with van der Waals surface area (Å²) in [6.45, 7) is 7.67. The van der Waals surface area contributed by atoms with Gasteiger partial charge < -0.3 is 28.7 Å². The van der Waals surface area contributed by atoms with Crippen LogP contribution in [0.15, 0.2) is 45.6 Å². The quantitative estimate of drug-likeness (QED) is 0.525. The second kappa shape index (κ2) is 10.7. The Morgan fingerprint density at radius 1 is 1.17 bits per heavy atom. The lowest BCUT2D eigenvalue weighted by molar-refractivity contribution is -0.143. The zero-order valence-electron chi connectivity index (χ0n) is 20.7. The van der Waals surface area contributed by atoms with Crippen molar-refractivity contribution in [3.63, 3.8) is 0 Å². The zero-order chi connectivity index (χ0) is 25.1. The van der Waals surface area contributed by atoms with Gasteiger partial charge in [-0.15, -0.1) is 0 Å². The van der Waals surface area contributed by atoms with Crippen LogP contribution in [0.5, 0.6) is 11.5 Å². The van der Waals surface area contributed by atoms with Crippen LogP contribution in [-0.4, -0.2) is 73.5 Å². The number of nitrogens with zero attached hydrogens (tertiary/aromatic N) is 3. The number of rotatable bonds is 7. The minimum absolute atomic E-state index is 0.0186. The molecular formula is C25H31N3O6S. The number of carbonyl (C=O) groups is 2. The monoisotopic (exact) mass is 501 g/mol. The minimum atomic E-state index is -0.535. The van der Waals surface area contributed by atoms with Gasteiger partial charge in [0.05, 0.1) is 57.3 Å². The van der Waals surface area contributed by atoms with E-state index in [4.69, 9.17) is 23.9 Å². The molecule has 10 heteroatoms. The Hall–Kier alpha value is -2.98. The third-order valence-corrected chi connectivity index (χ3v) is 6.87. The summed E-state index contributed by atoms with van der Waals surface area (Å²) in [5, 5.41) is 2.66. The predicted octanol–water partition coefficient (Wildman–Crippen LogP) is 3.48. The molecule has 3 aliphatic rings. The summed E-state index contributed by atoms with van der Waals surface area (Å²) in [6, 6.07) is 5.03. The summed E-state index contributed by atoms with van der Waals surface area (Å²) < 4.78 is 21.9. The maximum atomic E-state index is 13.3. The van der Waals surface area contributed by atoms with E-state index < -0.39 is 12.0 Å². The molecule has 1 aromatic carbocycles. The summed E-state index contributed by atoms with van der Waals surface area (Å²) >= 11 is 1.45. The first-order valence-corrected chi connectivity index (χ1v) is 12.4. The van der Waals surface area contributed by atoms with Crippen molar-refractivity contribution in [1.82, 2.24) is 9.80 Å². The largest absolute Gasteiger partial charge is 0.493 e. The smallest absolute Gasteiger partial charge is 0.338 e. The van der Waals surface area contributed by atoms with Crippen LogP contribution in [0.3, 0.4) is 0 Å². The van der Waals surface area contributed by atoms with E-state index in [9.17, 15) is 9.59 Å². The normalized spacial score (nSPS) is 19.9. The molecule has 0 aliphatic carbocycles. The Bertz CT molecular complexity index is 1090. The molecular weight excluding hydrogens is 470 g/mol. The van der Waals surface area contributed by atoms with Crippen LogP contribution in [-0.2, 0) is 19.1 Å². The third-order valence-electron chi connectivity index (χ3n) is 5.98. The van der Waals surface area contributed by atoms with Crippen molar-refractivity contribution in [1.29, 1.82) is 0 Å². The molecule has 1 saturated heterocycles. The van der Waals surface area contributed by atoms with E-state index in [1.807, 2.05) is 54.2 Å². The summed E-state index contributed by atoms with van der Waals surface area (Å²) in [6.07, 6.45) is -0.0912. The molecule has 0 spiro atoms. The number of thioether (sulfide) groups is 1. The molecule has 3 aliphatic heterocycles. The maximum absolute atomic E-state index is 13.3. The van der Waals surface area contributed by atoms with Gasteiger partial charge >= 0.3 is 5.97 Å². The first kappa shape index (κ1) is 25.1. The molecule has 0 bridgehead atoms. The summed E-state index contributed by atoms with van der Waals surface area (Å²) in [5.74, 6) is 0.716. The Morgan fingerprint density at radius 2 is 1.89 bits per heavy atom. The summed E-state index contributed by atoms with van der Waals surface area (Å²) in [4.78, 5) is 34.9. The fourth-order valence-electron chi connectivity index (χ4n) is 4.33. The van der Waals surface area contributed by atoms with E-state index in [1.165, 1.54) is 11.8 Å². The maximum Gasteiger partial charge on any atom is 0.338 e. The first-order valence-electron chi connectivity index (χ1n) is 11.6.